The Kier molecular flexibility index (Phi) is 7.09. The smallest absolute Gasteiger partial charge is 0.158 e. The van der Waals surface area contributed by atoms with E-state index in [0.29, 0.717) is 43.8 Å². The first-order chi connectivity index (χ1) is 9.19. The van der Waals surface area contributed by atoms with E-state index in [1.807, 2.05) is 20.8 Å². The van der Waals surface area contributed by atoms with Crippen LogP contribution in [0.2, 0.25) is 0 Å². The lowest BCUT2D eigenvalue weighted by atomic mass is 10.4. The van der Waals surface area contributed by atoms with Gasteiger partial charge in [0.15, 0.2) is 5.82 Å². The zero-order valence-electron chi connectivity index (χ0n) is 11.8. The van der Waals surface area contributed by atoms with Gasteiger partial charge in [-0.05, 0) is 20.8 Å². The van der Waals surface area contributed by atoms with Gasteiger partial charge in [-0.15, -0.1) is 0 Å². The molecule has 0 radical (unpaired) electrons. The number of hydrazine groups is 1. The van der Waals surface area contributed by atoms with Crippen molar-refractivity contribution in [3.8, 4) is 0 Å². The number of nitrogens with two attached hydrogens (primary N) is 1. The number of ether oxygens (including phenoxy) is 2. The number of hydrogen-bond donors (Lipinski definition) is 3. The van der Waals surface area contributed by atoms with Gasteiger partial charge in [0.25, 0.3) is 0 Å². The van der Waals surface area contributed by atoms with E-state index in [2.05, 4.69) is 20.7 Å². The Morgan fingerprint density at radius 2 is 2.00 bits per heavy atom. The summed E-state index contributed by atoms with van der Waals surface area (Å²) in [6.07, 6.45) is 0.115. The maximum atomic E-state index is 5.44. The number of aromatic nitrogens is 2. The molecule has 0 saturated carbocycles. The fraction of sp³-hybridized carbons (Fsp3) is 0.667. The summed E-state index contributed by atoms with van der Waals surface area (Å²) < 4.78 is 10.7. The molecule has 1 unspecified atom stereocenters. The Hall–Kier alpha value is -1.44. The zero-order valence-corrected chi connectivity index (χ0v) is 11.8. The molecule has 19 heavy (non-hydrogen) atoms. The highest BCUT2D eigenvalue weighted by Crippen LogP contribution is 2.11. The maximum Gasteiger partial charge on any atom is 0.158 e. The van der Waals surface area contributed by atoms with Crippen molar-refractivity contribution in [3.05, 3.63) is 11.9 Å². The van der Waals surface area contributed by atoms with Crippen LogP contribution >= 0.6 is 0 Å². The van der Waals surface area contributed by atoms with Crippen LogP contribution in [0.1, 0.15) is 26.6 Å². The molecule has 1 rings (SSSR count). The van der Waals surface area contributed by atoms with Crippen molar-refractivity contribution < 1.29 is 9.47 Å². The predicted molar refractivity (Wildman–Crippen MR) is 74.7 cm³/mol. The molecule has 1 heterocycles. The number of anilines is 2. The van der Waals surface area contributed by atoms with Gasteiger partial charge in [0.1, 0.15) is 18.2 Å². The Balaban J connectivity index is 2.65. The minimum atomic E-state index is 0.115. The summed E-state index contributed by atoms with van der Waals surface area (Å²) in [6, 6.07) is 1.74. The topological polar surface area (TPSA) is 94.3 Å². The van der Waals surface area contributed by atoms with Crippen molar-refractivity contribution in [2.45, 2.75) is 33.5 Å². The van der Waals surface area contributed by atoms with Crippen molar-refractivity contribution in [1.29, 1.82) is 0 Å². The second-order valence-electron chi connectivity index (χ2n) is 3.98. The van der Waals surface area contributed by atoms with E-state index in [1.165, 1.54) is 0 Å². The van der Waals surface area contributed by atoms with Crippen LogP contribution in [0.4, 0.5) is 11.6 Å². The minimum absolute atomic E-state index is 0.115. The van der Waals surface area contributed by atoms with Crippen molar-refractivity contribution in [2.75, 3.05) is 30.5 Å². The second kappa shape index (κ2) is 8.63. The lowest BCUT2D eigenvalue weighted by Gasteiger charge is -2.14. The van der Waals surface area contributed by atoms with E-state index >= 15 is 0 Å². The number of rotatable bonds is 9. The summed E-state index contributed by atoms with van der Waals surface area (Å²) in [5, 5.41) is 3.19. The summed E-state index contributed by atoms with van der Waals surface area (Å²) in [5.41, 5.74) is 2.52. The lowest BCUT2D eigenvalue weighted by molar-refractivity contribution is 0.0854. The van der Waals surface area contributed by atoms with Crippen LogP contribution in [0.5, 0.6) is 0 Å². The normalized spacial score (nSPS) is 12.2. The number of nitrogens with zero attached hydrogens (tertiary/aromatic N) is 2. The van der Waals surface area contributed by atoms with Crippen LogP contribution in [-0.4, -0.2) is 35.8 Å². The molecule has 1 aromatic rings. The summed E-state index contributed by atoms with van der Waals surface area (Å²) in [5.74, 6) is 7.22. The van der Waals surface area contributed by atoms with Crippen LogP contribution < -0.4 is 16.6 Å². The van der Waals surface area contributed by atoms with E-state index in [0.717, 1.165) is 0 Å². The predicted octanol–water partition coefficient (Wildman–Crippen LogP) is 1.14. The zero-order chi connectivity index (χ0) is 14.1. The van der Waals surface area contributed by atoms with Gasteiger partial charge in [0.2, 0.25) is 0 Å². The Morgan fingerprint density at radius 1 is 1.26 bits per heavy atom. The van der Waals surface area contributed by atoms with Crippen LogP contribution in [0.15, 0.2) is 6.07 Å². The lowest BCUT2D eigenvalue weighted by Crippen LogP contribution is -2.21. The maximum absolute atomic E-state index is 5.44. The summed E-state index contributed by atoms with van der Waals surface area (Å²) in [7, 11) is 0. The molecule has 4 N–H and O–H groups in total. The molecule has 0 bridgehead atoms. The van der Waals surface area contributed by atoms with Gasteiger partial charge in [-0.2, -0.15) is 0 Å². The monoisotopic (exact) mass is 269 g/mol. The average molecular weight is 269 g/mol. The molecule has 0 aliphatic heterocycles. The quantitative estimate of drug-likeness (QED) is 0.457. The molecule has 0 fully saturated rings. The molecule has 1 aromatic heterocycles. The highest BCUT2D eigenvalue weighted by molar-refractivity contribution is 5.46. The standard InChI is InChI=1S/C12H23N5O2/c1-4-18-8-12-15-10(6-11(16-12)17-13)14-7-9(3)19-5-2/h6,9H,4-5,7-8,13H2,1-3H3,(H2,14,15,16,17). The van der Waals surface area contributed by atoms with E-state index in [9.17, 15) is 0 Å². The largest absolute Gasteiger partial charge is 0.377 e. The van der Waals surface area contributed by atoms with Gasteiger partial charge in [0.05, 0.1) is 6.10 Å². The minimum Gasteiger partial charge on any atom is -0.377 e. The van der Waals surface area contributed by atoms with E-state index in [-0.39, 0.29) is 6.10 Å². The molecule has 0 aliphatic carbocycles. The highest BCUT2D eigenvalue weighted by Gasteiger charge is 2.06. The number of hydrogen-bond acceptors (Lipinski definition) is 7. The average Bonchev–Trinajstić information content (AvgIpc) is 2.43. The first kappa shape index (κ1) is 15.6. The van der Waals surface area contributed by atoms with Crippen LogP contribution in [0.3, 0.4) is 0 Å². The van der Waals surface area contributed by atoms with Gasteiger partial charge >= 0.3 is 0 Å². The Labute approximate surface area is 113 Å². The third-order valence-corrected chi connectivity index (χ3v) is 2.38. The first-order valence-corrected chi connectivity index (χ1v) is 6.47. The molecule has 0 spiro atoms. The van der Waals surface area contributed by atoms with Crippen LogP contribution in [-0.2, 0) is 16.1 Å². The summed E-state index contributed by atoms with van der Waals surface area (Å²) >= 11 is 0. The SMILES string of the molecule is CCOCc1nc(NN)cc(NCC(C)OCC)n1. The van der Waals surface area contributed by atoms with Crippen molar-refractivity contribution in [2.24, 2.45) is 5.84 Å². The number of nitrogens with one attached hydrogen (secondary N) is 2. The molecule has 7 nitrogen and oxygen atoms in total. The summed E-state index contributed by atoms with van der Waals surface area (Å²) in [4.78, 5) is 8.56. The third kappa shape index (κ3) is 5.82. The molecule has 7 heteroatoms. The first-order valence-electron chi connectivity index (χ1n) is 6.47. The molecular formula is C12H23N5O2. The molecule has 0 aromatic carbocycles. The fourth-order valence-electron chi connectivity index (χ4n) is 1.51. The van der Waals surface area contributed by atoms with Gasteiger partial charge in [0, 0.05) is 25.8 Å². The van der Waals surface area contributed by atoms with Crippen molar-refractivity contribution in [3.63, 3.8) is 0 Å². The fourth-order valence-corrected chi connectivity index (χ4v) is 1.51. The van der Waals surface area contributed by atoms with E-state index in [4.69, 9.17) is 15.3 Å². The molecule has 108 valence electrons. The third-order valence-electron chi connectivity index (χ3n) is 2.38. The van der Waals surface area contributed by atoms with Gasteiger partial charge in [-0.3, -0.25) is 0 Å². The Morgan fingerprint density at radius 3 is 2.63 bits per heavy atom. The molecule has 0 amide bonds. The van der Waals surface area contributed by atoms with Gasteiger partial charge in [-0.1, -0.05) is 0 Å². The van der Waals surface area contributed by atoms with E-state index < -0.39 is 0 Å². The summed E-state index contributed by atoms with van der Waals surface area (Å²) in [6.45, 7) is 8.24. The molecular weight excluding hydrogens is 246 g/mol. The van der Waals surface area contributed by atoms with Crippen LogP contribution in [0, 0.1) is 0 Å². The molecule has 0 aliphatic rings. The Bertz CT molecular complexity index is 375. The van der Waals surface area contributed by atoms with Crippen molar-refractivity contribution in [1.82, 2.24) is 9.97 Å². The molecule has 0 saturated heterocycles. The number of nitrogen functional groups attached to an aromatic ring is 1. The second-order valence-corrected chi connectivity index (χ2v) is 3.98. The molecule has 1 atom stereocenters. The van der Waals surface area contributed by atoms with Crippen molar-refractivity contribution >= 4 is 11.6 Å². The van der Waals surface area contributed by atoms with Crippen LogP contribution in [0.25, 0.3) is 0 Å². The van der Waals surface area contributed by atoms with Gasteiger partial charge < -0.3 is 20.2 Å². The van der Waals surface area contributed by atoms with E-state index in [1.54, 1.807) is 6.07 Å². The van der Waals surface area contributed by atoms with Gasteiger partial charge in [-0.25, -0.2) is 15.8 Å². The highest BCUT2D eigenvalue weighted by atomic mass is 16.5.